The largest absolute Gasteiger partial charge is 0.456 e. The Kier molecular flexibility index (Phi) is 5.82. The quantitative estimate of drug-likeness (QED) is 0.461. The number of amides is 3. The number of esters is 1. The van der Waals surface area contributed by atoms with Gasteiger partial charge in [-0.15, -0.1) is 0 Å². The standard InChI is InChI=1S/C21H26N2O5/c1-14(2)15-6-8-16(9-7-15)17(24)13-28-18(25)12-23-19(26)21(22-20(23)27)10-4-3-5-11-21/h6-9,14H,3-5,10-13H2,1-2H3,(H,22,27). The third-order valence-corrected chi connectivity index (χ3v) is 5.50. The summed E-state index contributed by atoms with van der Waals surface area (Å²) in [5, 5.41) is 2.74. The van der Waals surface area contributed by atoms with Crippen LogP contribution in [0.4, 0.5) is 4.79 Å². The minimum absolute atomic E-state index is 0.329. The molecule has 1 spiro atoms. The van der Waals surface area contributed by atoms with Crippen LogP contribution < -0.4 is 5.32 Å². The van der Waals surface area contributed by atoms with Gasteiger partial charge in [0.15, 0.2) is 12.4 Å². The van der Waals surface area contributed by atoms with Crippen LogP contribution in [0, 0.1) is 0 Å². The molecule has 3 amide bonds. The molecule has 1 aliphatic carbocycles. The second-order valence-corrected chi connectivity index (χ2v) is 7.82. The van der Waals surface area contributed by atoms with E-state index in [4.69, 9.17) is 4.74 Å². The summed E-state index contributed by atoms with van der Waals surface area (Å²) in [4.78, 5) is 50.0. The van der Waals surface area contributed by atoms with Gasteiger partial charge < -0.3 is 10.1 Å². The minimum Gasteiger partial charge on any atom is -0.456 e. The number of ketones is 1. The lowest BCUT2D eigenvalue weighted by molar-refractivity contribution is -0.147. The van der Waals surface area contributed by atoms with Gasteiger partial charge in [0.25, 0.3) is 5.91 Å². The first kappa shape index (κ1) is 20.0. The maximum absolute atomic E-state index is 12.6. The lowest BCUT2D eigenvalue weighted by Gasteiger charge is -2.30. The molecule has 1 saturated heterocycles. The van der Waals surface area contributed by atoms with Gasteiger partial charge in [-0.1, -0.05) is 57.4 Å². The van der Waals surface area contributed by atoms with E-state index in [1.165, 1.54) is 0 Å². The lowest BCUT2D eigenvalue weighted by Crippen LogP contribution is -2.48. The van der Waals surface area contributed by atoms with E-state index in [0.29, 0.717) is 24.3 Å². The van der Waals surface area contributed by atoms with Gasteiger partial charge in [-0.05, 0) is 24.3 Å². The van der Waals surface area contributed by atoms with Crippen LogP contribution in [0.1, 0.15) is 67.8 Å². The van der Waals surface area contributed by atoms with Crippen molar-refractivity contribution in [3.05, 3.63) is 35.4 Å². The van der Waals surface area contributed by atoms with Crippen molar-refractivity contribution in [2.45, 2.75) is 57.4 Å². The summed E-state index contributed by atoms with van der Waals surface area (Å²) in [6.45, 7) is 3.22. The van der Waals surface area contributed by atoms with E-state index in [9.17, 15) is 19.2 Å². The first-order valence-corrected chi connectivity index (χ1v) is 9.75. The van der Waals surface area contributed by atoms with Gasteiger partial charge in [0.2, 0.25) is 0 Å². The molecule has 0 unspecified atom stereocenters. The Morgan fingerprint density at radius 3 is 2.36 bits per heavy atom. The summed E-state index contributed by atoms with van der Waals surface area (Å²) >= 11 is 0. The van der Waals surface area contributed by atoms with Crippen LogP contribution in [0.15, 0.2) is 24.3 Å². The Hall–Kier alpha value is -2.70. The fourth-order valence-electron chi connectivity index (χ4n) is 3.77. The second kappa shape index (κ2) is 8.12. The smallest absolute Gasteiger partial charge is 0.326 e. The SMILES string of the molecule is CC(C)c1ccc(C(=O)COC(=O)CN2C(=O)NC3(CCCCC3)C2=O)cc1. The molecule has 0 bridgehead atoms. The zero-order chi connectivity index (χ0) is 20.3. The number of imide groups is 1. The number of rotatable bonds is 6. The number of nitrogens with zero attached hydrogens (tertiary/aromatic N) is 1. The van der Waals surface area contributed by atoms with Crippen LogP contribution in [0.5, 0.6) is 0 Å². The van der Waals surface area contributed by atoms with Crippen molar-refractivity contribution in [3.8, 4) is 0 Å². The summed E-state index contributed by atoms with van der Waals surface area (Å²) in [5.74, 6) is -1.11. The first-order valence-electron chi connectivity index (χ1n) is 9.75. The number of carbonyl (C=O) groups excluding carboxylic acids is 4. The zero-order valence-corrected chi connectivity index (χ0v) is 16.3. The van der Waals surface area contributed by atoms with Gasteiger partial charge in [0.05, 0.1) is 0 Å². The number of benzene rings is 1. The Bertz CT molecular complexity index is 778. The molecule has 1 saturated carbocycles. The van der Waals surface area contributed by atoms with Crippen molar-refractivity contribution in [1.29, 1.82) is 0 Å². The molecule has 7 nitrogen and oxygen atoms in total. The van der Waals surface area contributed by atoms with Crippen molar-refractivity contribution in [2.75, 3.05) is 13.2 Å². The zero-order valence-electron chi connectivity index (χ0n) is 16.3. The second-order valence-electron chi connectivity index (χ2n) is 7.82. The number of carbonyl (C=O) groups is 4. The number of hydrogen-bond acceptors (Lipinski definition) is 5. The number of urea groups is 1. The average Bonchev–Trinajstić information content (AvgIpc) is 2.90. The highest BCUT2D eigenvalue weighted by Crippen LogP contribution is 2.33. The molecule has 0 aromatic heterocycles. The average molecular weight is 386 g/mol. The van der Waals surface area contributed by atoms with Gasteiger partial charge in [0.1, 0.15) is 12.1 Å². The summed E-state index contributed by atoms with van der Waals surface area (Å²) in [6.07, 6.45) is 3.96. The fourth-order valence-corrected chi connectivity index (χ4v) is 3.77. The van der Waals surface area contributed by atoms with Gasteiger partial charge >= 0.3 is 12.0 Å². The summed E-state index contributed by atoms with van der Waals surface area (Å²) in [6, 6.07) is 6.58. The molecule has 1 aromatic carbocycles. The van der Waals surface area contributed by atoms with Crippen LogP contribution >= 0.6 is 0 Å². The third-order valence-electron chi connectivity index (χ3n) is 5.50. The molecule has 2 aliphatic rings. The normalized spacial score (nSPS) is 18.5. The van der Waals surface area contributed by atoms with Crippen molar-refractivity contribution in [2.24, 2.45) is 0 Å². The van der Waals surface area contributed by atoms with Gasteiger partial charge in [-0.2, -0.15) is 0 Å². The predicted octanol–water partition coefficient (Wildman–Crippen LogP) is 2.79. The van der Waals surface area contributed by atoms with Crippen molar-refractivity contribution >= 4 is 23.7 Å². The van der Waals surface area contributed by atoms with E-state index in [2.05, 4.69) is 19.2 Å². The number of Topliss-reactive ketones (excluding diaryl/α,β-unsaturated/α-hetero) is 1. The number of ether oxygens (including phenoxy) is 1. The molecular weight excluding hydrogens is 360 g/mol. The molecular formula is C21H26N2O5. The van der Waals surface area contributed by atoms with Crippen LogP contribution in [0.25, 0.3) is 0 Å². The Labute approximate surface area is 164 Å². The van der Waals surface area contributed by atoms with Crippen molar-refractivity contribution in [3.63, 3.8) is 0 Å². The highest BCUT2D eigenvalue weighted by atomic mass is 16.5. The van der Waals surface area contributed by atoms with Crippen LogP contribution in [-0.4, -0.2) is 47.3 Å². The maximum atomic E-state index is 12.6. The first-order chi connectivity index (χ1) is 13.3. The van der Waals surface area contributed by atoms with Crippen molar-refractivity contribution < 1.29 is 23.9 Å². The van der Waals surface area contributed by atoms with Crippen molar-refractivity contribution in [1.82, 2.24) is 10.2 Å². The highest BCUT2D eigenvalue weighted by Gasteiger charge is 2.51. The van der Waals surface area contributed by atoms with E-state index < -0.39 is 30.7 Å². The summed E-state index contributed by atoms with van der Waals surface area (Å²) in [7, 11) is 0. The third kappa shape index (κ3) is 4.08. The molecule has 1 aliphatic heterocycles. The molecule has 7 heteroatoms. The lowest BCUT2D eigenvalue weighted by atomic mass is 9.82. The van der Waals surface area contributed by atoms with Gasteiger partial charge in [-0.3, -0.25) is 19.3 Å². The fraction of sp³-hybridized carbons (Fsp3) is 0.524. The van der Waals surface area contributed by atoms with E-state index in [-0.39, 0.29) is 11.7 Å². The van der Waals surface area contributed by atoms with E-state index in [1.807, 2.05) is 12.1 Å². The van der Waals surface area contributed by atoms with Crippen LogP contribution in [-0.2, 0) is 14.3 Å². The molecule has 2 fully saturated rings. The van der Waals surface area contributed by atoms with Crippen LogP contribution in [0.3, 0.4) is 0 Å². The molecule has 0 radical (unpaired) electrons. The van der Waals surface area contributed by atoms with Gasteiger partial charge in [0, 0.05) is 5.56 Å². The molecule has 28 heavy (non-hydrogen) atoms. The topological polar surface area (TPSA) is 92.8 Å². The Morgan fingerprint density at radius 1 is 1.11 bits per heavy atom. The predicted molar refractivity (Wildman–Crippen MR) is 102 cm³/mol. The van der Waals surface area contributed by atoms with E-state index >= 15 is 0 Å². The summed E-state index contributed by atoms with van der Waals surface area (Å²) < 4.78 is 5.01. The van der Waals surface area contributed by atoms with Gasteiger partial charge in [-0.25, -0.2) is 4.79 Å². The molecule has 1 heterocycles. The van der Waals surface area contributed by atoms with E-state index in [0.717, 1.165) is 29.7 Å². The maximum Gasteiger partial charge on any atom is 0.326 e. The molecule has 0 atom stereocenters. The molecule has 3 rings (SSSR count). The summed E-state index contributed by atoms with van der Waals surface area (Å²) in [5.41, 5.74) is 0.695. The van der Waals surface area contributed by atoms with Crippen LogP contribution in [0.2, 0.25) is 0 Å². The number of nitrogens with one attached hydrogen (secondary N) is 1. The minimum atomic E-state index is -0.871. The van der Waals surface area contributed by atoms with E-state index in [1.54, 1.807) is 12.1 Å². The Morgan fingerprint density at radius 2 is 1.75 bits per heavy atom. The molecule has 150 valence electrons. The number of hydrogen-bond donors (Lipinski definition) is 1. The Balaban J connectivity index is 1.53. The molecule has 1 N–H and O–H groups in total. The highest BCUT2D eigenvalue weighted by molar-refractivity contribution is 6.08. The monoisotopic (exact) mass is 386 g/mol. The molecule has 1 aromatic rings.